The van der Waals surface area contributed by atoms with Crippen LogP contribution < -0.4 is 22.2 Å². The minimum Gasteiger partial charge on any atom is -0.399 e. The smallest absolute Gasteiger partial charge is 0.270 e. The summed E-state index contributed by atoms with van der Waals surface area (Å²) in [5.41, 5.74) is 14.0. The molecule has 16 heteroatoms. The molecular formula is C49H56N12O3S. The van der Waals surface area contributed by atoms with Crippen LogP contribution >= 0.6 is 0 Å². The van der Waals surface area contributed by atoms with E-state index in [-0.39, 0.29) is 39.5 Å². The number of anilines is 3. The minimum atomic E-state index is -1.31. The highest BCUT2D eigenvalue weighted by molar-refractivity contribution is 7.84. The minimum absolute atomic E-state index is 0.0568. The van der Waals surface area contributed by atoms with Crippen LogP contribution in [0.2, 0.25) is 0 Å². The molecule has 0 amide bonds. The maximum Gasteiger partial charge on any atom is 0.270 e. The molecule has 4 aromatic heterocycles. The van der Waals surface area contributed by atoms with Gasteiger partial charge in [0.05, 0.1) is 10.8 Å². The summed E-state index contributed by atoms with van der Waals surface area (Å²) in [5.74, 6) is 0.463. The van der Waals surface area contributed by atoms with Gasteiger partial charge in [0, 0.05) is 65.0 Å². The number of fused-ring (bicyclic) bond motifs is 4. The zero-order chi connectivity index (χ0) is 45.9. The highest BCUT2D eigenvalue weighted by atomic mass is 32.2. The van der Waals surface area contributed by atoms with Gasteiger partial charge in [0.15, 0.2) is 0 Å². The van der Waals surface area contributed by atoms with Crippen molar-refractivity contribution in [2.24, 2.45) is 0 Å². The van der Waals surface area contributed by atoms with Crippen molar-refractivity contribution < 1.29 is 4.21 Å². The molecule has 0 bridgehead atoms. The topological polar surface area (TPSA) is 205 Å². The van der Waals surface area contributed by atoms with E-state index in [9.17, 15) is 19.1 Å². The molecule has 2 fully saturated rings. The molecule has 10 rings (SSSR count). The highest BCUT2D eigenvalue weighted by Crippen LogP contribution is 2.33. The first-order valence-corrected chi connectivity index (χ1v) is 23.9. The number of aromatic nitrogens is 6. The van der Waals surface area contributed by atoms with Gasteiger partial charge in [0.25, 0.3) is 11.1 Å². The van der Waals surface area contributed by atoms with E-state index in [1.165, 1.54) is 47.2 Å². The Kier molecular flexibility index (Phi) is 13.5. The Balaban J connectivity index is 0.000000146. The van der Waals surface area contributed by atoms with E-state index in [4.69, 9.17) is 16.0 Å². The van der Waals surface area contributed by atoms with Crippen LogP contribution in [0.3, 0.4) is 0 Å². The molecule has 3 N–H and O–H groups in total. The lowest BCUT2D eigenvalue weighted by Gasteiger charge is -2.17. The van der Waals surface area contributed by atoms with Crippen LogP contribution in [0.25, 0.3) is 22.1 Å². The fourth-order valence-electron chi connectivity index (χ4n) is 9.73. The van der Waals surface area contributed by atoms with Crippen LogP contribution in [-0.4, -0.2) is 89.6 Å². The summed E-state index contributed by atoms with van der Waals surface area (Å²) in [6.07, 6.45) is 17.2. The van der Waals surface area contributed by atoms with Crippen LogP contribution in [0.15, 0.2) is 75.7 Å². The number of benzene rings is 2. The average molecular weight is 893 g/mol. The molecule has 4 aliphatic carbocycles. The van der Waals surface area contributed by atoms with Crippen molar-refractivity contribution in [3.05, 3.63) is 115 Å². The summed E-state index contributed by atoms with van der Waals surface area (Å²) in [6, 6.07) is 21.1. The van der Waals surface area contributed by atoms with E-state index < -0.39 is 10.8 Å². The Morgan fingerprint density at radius 2 is 1.15 bits per heavy atom. The van der Waals surface area contributed by atoms with Crippen molar-refractivity contribution in [3.8, 4) is 12.1 Å². The molecule has 6 aromatic rings. The van der Waals surface area contributed by atoms with Crippen LogP contribution in [0, 0.1) is 22.7 Å². The van der Waals surface area contributed by atoms with E-state index in [0.29, 0.717) is 34.7 Å². The molecule has 65 heavy (non-hydrogen) atoms. The van der Waals surface area contributed by atoms with Gasteiger partial charge in [-0.05, 0) is 138 Å². The van der Waals surface area contributed by atoms with E-state index in [1.54, 1.807) is 21.4 Å². The molecule has 0 aliphatic heterocycles. The summed E-state index contributed by atoms with van der Waals surface area (Å²) in [7, 11) is 7.22. The van der Waals surface area contributed by atoms with Crippen molar-refractivity contribution in [3.63, 3.8) is 0 Å². The van der Waals surface area contributed by atoms with Crippen LogP contribution in [0.5, 0.6) is 0 Å². The Hall–Kier alpha value is -6.33. The summed E-state index contributed by atoms with van der Waals surface area (Å²) < 4.78 is 14.9. The first kappa shape index (κ1) is 45.2. The van der Waals surface area contributed by atoms with Gasteiger partial charge < -0.3 is 20.9 Å². The van der Waals surface area contributed by atoms with Gasteiger partial charge in [-0.15, -0.1) is 0 Å². The lowest BCUT2D eigenvalue weighted by atomic mass is 10.1. The standard InChI is InChI=1S/C24H26N6O.C14H14N4O2S.C11H16N2/c1-29(2)21-11-15-7-8-19(10-16(15)12-21)27-24-26-14-18-9-17(13-25)23(31)30(22(18)28-24)20-5-3-4-6-20;1-21(20)14-16-8-10-6-9(7-15)13(19)18(12(10)17-14)11-4-2-3-5-11;1-13(2)11-6-8-3-4-10(12)5-9(8)7-11/h7-10,14,20-21H,3-6,11-12H2,1-2H3,(H,26,27,28);6,8,11H,2-5H2,1H3;3-5,11H,6-7,12H2,1-2H3. The number of nitrogens with zero attached hydrogens (tertiary/aromatic N) is 10. The first-order valence-electron chi connectivity index (χ1n) is 22.4. The van der Waals surface area contributed by atoms with Crippen molar-refractivity contribution in [2.45, 2.75) is 106 Å². The predicted molar refractivity (Wildman–Crippen MR) is 255 cm³/mol. The second-order valence-electron chi connectivity index (χ2n) is 18.1. The second-order valence-corrected chi connectivity index (χ2v) is 19.4. The van der Waals surface area contributed by atoms with E-state index in [0.717, 1.165) is 87.4 Å². The molecule has 3 unspecified atom stereocenters. The van der Waals surface area contributed by atoms with E-state index in [2.05, 4.69) is 88.6 Å². The summed E-state index contributed by atoms with van der Waals surface area (Å²) in [6.45, 7) is 0. The van der Waals surface area contributed by atoms with Crippen molar-refractivity contribution in [1.82, 2.24) is 38.9 Å². The fraction of sp³-hybridized carbons (Fsp3) is 0.429. The van der Waals surface area contributed by atoms with Gasteiger partial charge in [-0.3, -0.25) is 22.9 Å². The molecule has 4 aliphatic rings. The average Bonchev–Trinajstić information content (AvgIpc) is 4.14. The van der Waals surface area contributed by atoms with E-state index >= 15 is 0 Å². The summed E-state index contributed by atoms with van der Waals surface area (Å²) in [4.78, 5) is 47.5. The van der Waals surface area contributed by atoms with Crippen LogP contribution in [0.4, 0.5) is 17.3 Å². The second kappa shape index (κ2) is 19.4. The number of hydrogen-bond donors (Lipinski definition) is 2. The fourth-order valence-corrected chi connectivity index (χ4v) is 10.1. The summed E-state index contributed by atoms with van der Waals surface area (Å²) >= 11 is 0. The van der Waals surface area contributed by atoms with Gasteiger partial charge in [-0.2, -0.15) is 15.5 Å². The summed E-state index contributed by atoms with van der Waals surface area (Å²) in [5, 5.41) is 23.4. The molecule has 4 heterocycles. The van der Waals surface area contributed by atoms with Gasteiger partial charge >= 0.3 is 0 Å². The third-order valence-corrected chi connectivity index (χ3v) is 14.1. The normalized spacial score (nSPS) is 18.4. The van der Waals surface area contributed by atoms with Gasteiger partial charge in [0.1, 0.15) is 34.6 Å². The monoisotopic (exact) mass is 892 g/mol. The third-order valence-electron chi connectivity index (χ3n) is 13.4. The third kappa shape index (κ3) is 9.71. The number of pyridine rings is 2. The Morgan fingerprint density at radius 1 is 0.677 bits per heavy atom. The predicted octanol–water partition coefficient (Wildman–Crippen LogP) is 6.36. The number of nitrogen functional groups attached to an aromatic ring is 1. The molecule has 336 valence electrons. The van der Waals surface area contributed by atoms with Gasteiger partial charge in [0.2, 0.25) is 11.1 Å². The zero-order valence-electron chi connectivity index (χ0n) is 37.8. The van der Waals surface area contributed by atoms with Crippen molar-refractivity contribution in [1.29, 1.82) is 10.5 Å². The zero-order valence-corrected chi connectivity index (χ0v) is 38.6. The number of nitriles is 2. The first-order chi connectivity index (χ1) is 31.3. The SMILES string of the molecule is CN(C)C1Cc2ccc(N)cc2C1.CN(C)C1Cc2ccc(Nc3ncc4cc(C#N)c(=O)n(C5CCCC5)c4n3)cc2C1.CS(=O)c1ncc2cc(C#N)c(=O)n(C3CCCC3)c2n1. The number of rotatable bonds is 7. The van der Waals surface area contributed by atoms with Crippen molar-refractivity contribution in [2.75, 3.05) is 45.5 Å². The van der Waals surface area contributed by atoms with Gasteiger partial charge in [-0.1, -0.05) is 37.8 Å². The molecule has 3 atom stereocenters. The number of likely N-dealkylation sites (N-methyl/N-ethyl adjacent to an activating group) is 2. The molecule has 0 saturated heterocycles. The lowest BCUT2D eigenvalue weighted by molar-refractivity contribution is 0.303. The number of hydrogen-bond acceptors (Lipinski definition) is 13. The molecule has 15 nitrogen and oxygen atoms in total. The maximum absolute atomic E-state index is 12.9. The Labute approximate surface area is 381 Å². The highest BCUT2D eigenvalue weighted by Gasteiger charge is 2.26. The number of nitrogens with one attached hydrogen (secondary N) is 1. The van der Waals surface area contributed by atoms with Crippen molar-refractivity contribution >= 4 is 50.2 Å². The maximum atomic E-state index is 12.9. The molecule has 0 radical (unpaired) electrons. The quantitative estimate of drug-likeness (QED) is 0.132. The molecule has 2 saturated carbocycles. The Morgan fingerprint density at radius 3 is 1.66 bits per heavy atom. The van der Waals surface area contributed by atoms with E-state index in [1.807, 2.05) is 18.2 Å². The molecule has 0 spiro atoms. The Bertz CT molecular complexity index is 2990. The molecule has 2 aromatic carbocycles. The van der Waals surface area contributed by atoms with Crippen LogP contribution in [0.1, 0.15) is 96.8 Å². The largest absolute Gasteiger partial charge is 0.399 e. The van der Waals surface area contributed by atoms with Gasteiger partial charge in [-0.25, -0.2) is 15.0 Å². The number of nitrogens with two attached hydrogens (primary N) is 1. The lowest BCUT2D eigenvalue weighted by Crippen LogP contribution is -2.27. The van der Waals surface area contributed by atoms with Crippen LogP contribution in [-0.2, 0) is 36.5 Å². The molecular weight excluding hydrogens is 837 g/mol.